The van der Waals surface area contributed by atoms with E-state index < -0.39 is 6.09 Å². The molecule has 0 spiro atoms. The smallest absolute Gasteiger partial charge is 0.410 e. The maximum Gasteiger partial charge on any atom is 0.410 e. The maximum absolute atomic E-state index is 12.5. The first kappa shape index (κ1) is 19.6. The molecule has 2 amide bonds. The fourth-order valence-corrected chi connectivity index (χ4v) is 4.46. The molecule has 0 fully saturated rings. The van der Waals surface area contributed by atoms with Gasteiger partial charge in [0.15, 0.2) is 0 Å². The van der Waals surface area contributed by atoms with Crippen molar-refractivity contribution in [2.75, 3.05) is 11.9 Å². The number of pyridine rings is 1. The quantitative estimate of drug-likeness (QED) is 0.692. The van der Waals surface area contributed by atoms with Gasteiger partial charge in [-0.2, -0.15) is 5.26 Å². The second-order valence-corrected chi connectivity index (χ2v) is 7.83. The van der Waals surface area contributed by atoms with E-state index >= 15 is 0 Å². The zero-order valence-corrected chi connectivity index (χ0v) is 16.8. The van der Waals surface area contributed by atoms with Crippen LogP contribution in [0.5, 0.6) is 0 Å². The number of thiophene rings is 1. The molecule has 0 saturated carbocycles. The molecule has 8 heteroatoms. The van der Waals surface area contributed by atoms with E-state index in [4.69, 9.17) is 4.74 Å². The molecule has 0 radical (unpaired) electrons. The summed E-state index contributed by atoms with van der Waals surface area (Å²) in [5, 5.41) is 13.0. The van der Waals surface area contributed by atoms with E-state index in [9.17, 15) is 14.9 Å². The molecule has 0 bridgehead atoms. The molecule has 1 aliphatic rings. The molecule has 3 aromatic rings. The highest BCUT2D eigenvalue weighted by atomic mass is 32.1. The lowest BCUT2D eigenvalue weighted by Crippen LogP contribution is -2.35. The van der Waals surface area contributed by atoms with E-state index in [1.807, 2.05) is 12.1 Å². The van der Waals surface area contributed by atoms with Crippen LogP contribution in [-0.4, -0.2) is 28.4 Å². The minimum atomic E-state index is -0.411. The number of rotatable bonds is 4. The normalized spacial score (nSPS) is 12.6. The van der Waals surface area contributed by atoms with Crippen molar-refractivity contribution in [1.29, 1.82) is 5.26 Å². The number of hydrogen-bond donors (Lipinski definition) is 1. The van der Waals surface area contributed by atoms with Crippen molar-refractivity contribution >= 4 is 28.3 Å². The molecule has 1 N–H and O–H groups in total. The average molecular weight is 418 g/mol. The van der Waals surface area contributed by atoms with Crippen LogP contribution >= 0.6 is 11.3 Å². The van der Waals surface area contributed by atoms with Crippen molar-refractivity contribution in [3.05, 3.63) is 82.0 Å². The van der Waals surface area contributed by atoms with Crippen molar-refractivity contribution in [3.63, 3.8) is 0 Å². The predicted octanol–water partition coefficient (Wildman–Crippen LogP) is 3.96. The Kier molecular flexibility index (Phi) is 5.72. The Bertz CT molecular complexity index is 1110. The summed E-state index contributed by atoms with van der Waals surface area (Å²) in [4.78, 5) is 31.4. The molecule has 2 aromatic heterocycles. The van der Waals surface area contributed by atoms with Crippen LogP contribution < -0.4 is 5.32 Å². The molecular weight excluding hydrogens is 400 g/mol. The van der Waals surface area contributed by atoms with Crippen LogP contribution in [0.3, 0.4) is 0 Å². The van der Waals surface area contributed by atoms with Crippen LogP contribution in [0.1, 0.15) is 31.9 Å². The van der Waals surface area contributed by atoms with Crippen molar-refractivity contribution in [2.24, 2.45) is 0 Å². The molecule has 0 saturated heterocycles. The number of anilines is 1. The van der Waals surface area contributed by atoms with Gasteiger partial charge in [0.2, 0.25) is 0 Å². The Morgan fingerprint density at radius 1 is 1.23 bits per heavy atom. The Morgan fingerprint density at radius 3 is 2.80 bits per heavy atom. The van der Waals surface area contributed by atoms with Crippen LogP contribution in [-0.2, 0) is 24.3 Å². The third-order valence-corrected chi connectivity index (χ3v) is 5.91. The van der Waals surface area contributed by atoms with Crippen molar-refractivity contribution in [3.8, 4) is 6.07 Å². The van der Waals surface area contributed by atoms with Crippen molar-refractivity contribution in [1.82, 2.24) is 9.88 Å². The number of aromatic nitrogens is 1. The highest BCUT2D eigenvalue weighted by molar-refractivity contribution is 7.16. The molecule has 3 heterocycles. The average Bonchev–Trinajstić information content (AvgIpc) is 3.14. The Balaban J connectivity index is 1.45. The van der Waals surface area contributed by atoms with Gasteiger partial charge in [-0.3, -0.25) is 9.78 Å². The standard InChI is InChI=1S/C22H18N4O3S/c23-11-18-17-8-10-26(22(28)29-14-15-5-4-9-24-12-15)13-19(17)30-21(18)25-20(27)16-6-2-1-3-7-16/h1-7,9,12H,8,10,13-14H2,(H,25,27). The number of fused-ring (bicyclic) bond motifs is 1. The van der Waals surface area contributed by atoms with E-state index in [0.717, 1.165) is 16.0 Å². The summed E-state index contributed by atoms with van der Waals surface area (Å²) in [6, 6.07) is 14.7. The van der Waals surface area contributed by atoms with Crippen LogP contribution in [0, 0.1) is 11.3 Å². The van der Waals surface area contributed by atoms with E-state index in [1.165, 1.54) is 11.3 Å². The van der Waals surface area contributed by atoms with Crippen LogP contribution in [0.4, 0.5) is 9.80 Å². The summed E-state index contributed by atoms with van der Waals surface area (Å²) in [6.45, 7) is 0.959. The maximum atomic E-state index is 12.5. The Morgan fingerprint density at radius 2 is 2.07 bits per heavy atom. The number of nitriles is 1. The first-order valence-electron chi connectivity index (χ1n) is 9.37. The van der Waals surface area contributed by atoms with Gasteiger partial charge in [-0.25, -0.2) is 4.79 Å². The summed E-state index contributed by atoms with van der Waals surface area (Å²) in [6.07, 6.45) is 3.45. The summed E-state index contributed by atoms with van der Waals surface area (Å²) in [7, 11) is 0. The largest absolute Gasteiger partial charge is 0.444 e. The van der Waals surface area contributed by atoms with E-state index in [1.54, 1.807) is 47.6 Å². The van der Waals surface area contributed by atoms with Gasteiger partial charge < -0.3 is 15.0 Å². The lowest BCUT2D eigenvalue weighted by molar-refractivity contribution is 0.0922. The Hall–Kier alpha value is -3.70. The number of ether oxygens (including phenoxy) is 1. The third-order valence-electron chi connectivity index (χ3n) is 4.78. The number of hydrogen-bond acceptors (Lipinski definition) is 6. The number of amides is 2. The minimum Gasteiger partial charge on any atom is -0.444 e. The molecule has 150 valence electrons. The zero-order valence-electron chi connectivity index (χ0n) is 16.0. The number of nitrogens with one attached hydrogen (secondary N) is 1. The third kappa shape index (κ3) is 4.16. The molecular formula is C22H18N4O3S. The predicted molar refractivity (Wildman–Crippen MR) is 112 cm³/mol. The number of benzene rings is 1. The topological polar surface area (TPSA) is 95.3 Å². The van der Waals surface area contributed by atoms with Crippen molar-refractivity contribution in [2.45, 2.75) is 19.6 Å². The van der Waals surface area contributed by atoms with Gasteiger partial charge in [0, 0.05) is 34.9 Å². The second kappa shape index (κ2) is 8.76. The first-order chi connectivity index (χ1) is 14.7. The van der Waals surface area contributed by atoms with Gasteiger partial charge in [-0.15, -0.1) is 11.3 Å². The van der Waals surface area contributed by atoms with Crippen LogP contribution in [0.15, 0.2) is 54.9 Å². The minimum absolute atomic E-state index is 0.155. The molecule has 7 nitrogen and oxygen atoms in total. The van der Waals surface area contributed by atoms with Gasteiger partial charge in [0.05, 0.1) is 12.1 Å². The SMILES string of the molecule is N#Cc1c(NC(=O)c2ccccc2)sc2c1CCN(C(=O)OCc1cccnc1)C2. The molecule has 1 aliphatic heterocycles. The fourth-order valence-electron chi connectivity index (χ4n) is 3.25. The molecule has 30 heavy (non-hydrogen) atoms. The monoisotopic (exact) mass is 418 g/mol. The zero-order chi connectivity index (χ0) is 20.9. The number of carbonyl (C=O) groups excluding carboxylic acids is 2. The van der Waals surface area contributed by atoms with Gasteiger partial charge in [0.25, 0.3) is 5.91 Å². The number of nitrogens with zero attached hydrogens (tertiary/aromatic N) is 3. The molecule has 0 unspecified atom stereocenters. The summed E-state index contributed by atoms with van der Waals surface area (Å²) in [5.74, 6) is -0.265. The first-order valence-corrected chi connectivity index (χ1v) is 10.2. The van der Waals surface area contributed by atoms with Crippen LogP contribution in [0.25, 0.3) is 0 Å². The van der Waals surface area contributed by atoms with Crippen LogP contribution in [0.2, 0.25) is 0 Å². The van der Waals surface area contributed by atoms with Crippen molar-refractivity contribution < 1.29 is 14.3 Å². The van der Waals surface area contributed by atoms with Gasteiger partial charge >= 0.3 is 6.09 Å². The molecule has 1 aromatic carbocycles. The molecule has 0 atom stereocenters. The number of carbonyl (C=O) groups is 2. The summed E-state index contributed by atoms with van der Waals surface area (Å²) >= 11 is 1.33. The summed E-state index contributed by atoms with van der Waals surface area (Å²) < 4.78 is 5.39. The van der Waals surface area contributed by atoms with Gasteiger partial charge in [-0.05, 0) is 30.2 Å². The van der Waals surface area contributed by atoms with E-state index in [0.29, 0.717) is 35.6 Å². The highest BCUT2D eigenvalue weighted by Crippen LogP contribution is 2.37. The lowest BCUT2D eigenvalue weighted by atomic mass is 10.0. The Labute approximate surface area is 177 Å². The van der Waals surface area contributed by atoms with E-state index in [2.05, 4.69) is 16.4 Å². The second-order valence-electron chi connectivity index (χ2n) is 6.73. The highest BCUT2D eigenvalue weighted by Gasteiger charge is 2.28. The van der Waals surface area contributed by atoms with Gasteiger partial charge in [0.1, 0.15) is 17.7 Å². The van der Waals surface area contributed by atoms with Gasteiger partial charge in [-0.1, -0.05) is 24.3 Å². The fraction of sp³-hybridized carbons (Fsp3) is 0.182. The lowest BCUT2D eigenvalue weighted by Gasteiger charge is -2.26. The molecule has 0 aliphatic carbocycles. The summed E-state index contributed by atoms with van der Waals surface area (Å²) in [5.41, 5.74) is 2.70. The van der Waals surface area contributed by atoms with E-state index in [-0.39, 0.29) is 12.5 Å². The molecule has 4 rings (SSSR count).